The van der Waals surface area contributed by atoms with Crippen molar-refractivity contribution in [2.75, 3.05) is 6.61 Å². The van der Waals surface area contributed by atoms with Crippen LogP contribution in [0.2, 0.25) is 0 Å². The van der Waals surface area contributed by atoms with Crippen LogP contribution in [-0.4, -0.2) is 18.1 Å². The van der Waals surface area contributed by atoms with Crippen molar-refractivity contribution in [1.82, 2.24) is 0 Å². The van der Waals surface area contributed by atoms with Crippen LogP contribution in [0.1, 0.15) is 11.5 Å². The predicted molar refractivity (Wildman–Crippen MR) is 49.9 cm³/mol. The summed E-state index contributed by atoms with van der Waals surface area (Å²) in [5, 5.41) is 8.70. The van der Waals surface area contributed by atoms with Gasteiger partial charge in [-0.1, -0.05) is 15.9 Å². The van der Waals surface area contributed by atoms with Gasteiger partial charge in [0, 0.05) is 10.0 Å². The summed E-state index contributed by atoms with van der Waals surface area (Å²) in [5.41, 5.74) is -0.170. The zero-order chi connectivity index (χ0) is 10.7. The molecule has 0 aliphatic rings. The first kappa shape index (κ1) is 11.5. The molecule has 0 bridgehead atoms. The molecule has 0 aliphatic carbocycles. The predicted octanol–water partition coefficient (Wildman–Crippen LogP) is 2.93. The monoisotopic (exact) mass is 268 g/mol. The molecular weight excluding hydrogens is 261 g/mol. The van der Waals surface area contributed by atoms with Gasteiger partial charge >= 0.3 is 0 Å². The van der Waals surface area contributed by atoms with E-state index in [4.69, 9.17) is 5.11 Å². The summed E-state index contributed by atoms with van der Waals surface area (Å²) >= 11 is 3.05. The maximum Gasteiger partial charge on any atom is 0.247 e. The average molecular weight is 269 g/mol. The molecule has 0 spiro atoms. The second-order valence-electron chi connectivity index (χ2n) is 2.79. The first-order valence-corrected chi connectivity index (χ1v) is 4.69. The SMILES string of the molecule is OCC(c1cc(Br)ccc1F)C(F)F. The van der Waals surface area contributed by atoms with Crippen molar-refractivity contribution < 1.29 is 18.3 Å². The van der Waals surface area contributed by atoms with Crippen LogP contribution in [-0.2, 0) is 0 Å². The third-order valence-electron chi connectivity index (χ3n) is 1.86. The highest BCUT2D eigenvalue weighted by molar-refractivity contribution is 9.10. The van der Waals surface area contributed by atoms with E-state index in [1.54, 1.807) is 0 Å². The number of halogens is 4. The summed E-state index contributed by atoms with van der Waals surface area (Å²) in [6, 6.07) is 3.76. The van der Waals surface area contributed by atoms with Crippen molar-refractivity contribution >= 4 is 15.9 Å². The Labute approximate surface area is 87.7 Å². The first-order chi connectivity index (χ1) is 6.56. The Morgan fingerprint density at radius 1 is 1.36 bits per heavy atom. The van der Waals surface area contributed by atoms with Crippen LogP contribution < -0.4 is 0 Å². The van der Waals surface area contributed by atoms with Crippen molar-refractivity contribution in [3.05, 3.63) is 34.1 Å². The molecule has 0 amide bonds. The molecule has 14 heavy (non-hydrogen) atoms. The van der Waals surface area contributed by atoms with E-state index in [1.807, 2.05) is 0 Å². The molecular formula is C9H8BrF3O. The molecule has 1 atom stereocenters. The van der Waals surface area contributed by atoms with Crippen LogP contribution in [0.4, 0.5) is 13.2 Å². The van der Waals surface area contributed by atoms with Gasteiger partial charge in [-0.25, -0.2) is 13.2 Å². The highest BCUT2D eigenvalue weighted by Crippen LogP contribution is 2.27. The molecule has 0 saturated carbocycles. The lowest BCUT2D eigenvalue weighted by Gasteiger charge is -2.14. The minimum atomic E-state index is -2.77. The van der Waals surface area contributed by atoms with Crippen molar-refractivity contribution in [3.63, 3.8) is 0 Å². The smallest absolute Gasteiger partial charge is 0.247 e. The van der Waals surface area contributed by atoms with Crippen LogP contribution in [0.25, 0.3) is 0 Å². The minimum absolute atomic E-state index is 0.170. The Morgan fingerprint density at radius 3 is 2.50 bits per heavy atom. The van der Waals surface area contributed by atoms with Gasteiger partial charge in [0.15, 0.2) is 0 Å². The number of benzene rings is 1. The molecule has 1 rings (SSSR count). The van der Waals surface area contributed by atoms with E-state index < -0.39 is 24.8 Å². The molecule has 1 N–H and O–H groups in total. The number of alkyl halides is 2. The minimum Gasteiger partial charge on any atom is -0.396 e. The second kappa shape index (κ2) is 4.79. The Balaban J connectivity index is 3.08. The number of hydrogen-bond donors (Lipinski definition) is 1. The molecule has 1 unspecified atom stereocenters. The largest absolute Gasteiger partial charge is 0.396 e. The fourth-order valence-corrected chi connectivity index (χ4v) is 1.49. The summed E-state index contributed by atoms with van der Waals surface area (Å²) in [6.07, 6.45) is -2.77. The van der Waals surface area contributed by atoms with Crippen molar-refractivity contribution in [2.24, 2.45) is 0 Å². The zero-order valence-corrected chi connectivity index (χ0v) is 8.64. The molecule has 0 fully saturated rings. The van der Waals surface area contributed by atoms with Gasteiger partial charge in [-0.05, 0) is 18.2 Å². The maximum absolute atomic E-state index is 13.1. The zero-order valence-electron chi connectivity index (χ0n) is 7.05. The van der Waals surface area contributed by atoms with Crippen LogP contribution in [0.5, 0.6) is 0 Å². The van der Waals surface area contributed by atoms with Crippen LogP contribution in [0, 0.1) is 5.82 Å². The number of hydrogen-bond acceptors (Lipinski definition) is 1. The molecule has 0 heterocycles. The van der Waals surface area contributed by atoms with E-state index in [0.29, 0.717) is 4.47 Å². The maximum atomic E-state index is 13.1. The average Bonchev–Trinajstić information content (AvgIpc) is 2.11. The summed E-state index contributed by atoms with van der Waals surface area (Å²) in [6.45, 7) is -0.773. The van der Waals surface area contributed by atoms with E-state index in [0.717, 1.165) is 6.07 Å². The van der Waals surface area contributed by atoms with E-state index >= 15 is 0 Å². The third kappa shape index (κ3) is 2.48. The normalized spacial score (nSPS) is 13.3. The molecule has 1 aromatic rings. The molecule has 1 nitrogen and oxygen atoms in total. The lowest BCUT2D eigenvalue weighted by molar-refractivity contribution is 0.0794. The van der Waals surface area contributed by atoms with E-state index in [-0.39, 0.29) is 5.56 Å². The highest BCUT2D eigenvalue weighted by Gasteiger charge is 2.24. The molecule has 78 valence electrons. The molecule has 0 aromatic heterocycles. The number of aliphatic hydroxyl groups excluding tert-OH is 1. The number of rotatable bonds is 3. The van der Waals surface area contributed by atoms with Crippen molar-refractivity contribution in [2.45, 2.75) is 12.3 Å². The lowest BCUT2D eigenvalue weighted by Crippen LogP contribution is -2.15. The van der Waals surface area contributed by atoms with Gasteiger partial charge in [0.2, 0.25) is 6.43 Å². The van der Waals surface area contributed by atoms with Gasteiger partial charge in [0.25, 0.3) is 0 Å². The van der Waals surface area contributed by atoms with Crippen LogP contribution in [0.15, 0.2) is 22.7 Å². The summed E-state index contributed by atoms with van der Waals surface area (Å²) in [7, 11) is 0. The Hall–Kier alpha value is -0.550. The van der Waals surface area contributed by atoms with Gasteiger partial charge in [0.1, 0.15) is 5.82 Å². The first-order valence-electron chi connectivity index (χ1n) is 3.90. The van der Waals surface area contributed by atoms with E-state index in [2.05, 4.69) is 15.9 Å². The van der Waals surface area contributed by atoms with E-state index in [1.165, 1.54) is 12.1 Å². The highest BCUT2D eigenvalue weighted by atomic mass is 79.9. The summed E-state index contributed by atoms with van der Waals surface area (Å²) in [4.78, 5) is 0. The fraction of sp³-hybridized carbons (Fsp3) is 0.333. The molecule has 1 aromatic carbocycles. The Morgan fingerprint density at radius 2 is 2.00 bits per heavy atom. The lowest BCUT2D eigenvalue weighted by atomic mass is 10.0. The third-order valence-corrected chi connectivity index (χ3v) is 2.35. The molecule has 5 heteroatoms. The fourth-order valence-electron chi connectivity index (χ4n) is 1.11. The second-order valence-corrected chi connectivity index (χ2v) is 3.71. The van der Waals surface area contributed by atoms with Gasteiger partial charge in [-0.15, -0.1) is 0 Å². The standard InChI is InChI=1S/C9H8BrF3O/c10-5-1-2-8(11)6(3-5)7(4-14)9(12)13/h1-3,7,9,14H,4H2. The van der Waals surface area contributed by atoms with E-state index in [9.17, 15) is 13.2 Å². The van der Waals surface area contributed by atoms with Crippen molar-refractivity contribution in [1.29, 1.82) is 0 Å². The summed E-state index contributed by atoms with van der Waals surface area (Å²) in [5.74, 6) is -2.19. The molecule has 0 radical (unpaired) electrons. The van der Waals surface area contributed by atoms with Gasteiger partial charge in [-0.2, -0.15) is 0 Å². The number of aliphatic hydroxyl groups is 1. The van der Waals surface area contributed by atoms with Gasteiger partial charge in [-0.3, -0.25) is 0 Å². The van der Waals surface area contributed by atoms with Crippen LogP contribution >= 0.6 is 15.9 Å². The quantitative estimate of drug-likeness (QED) is 0.894. The topological polar surface area (TPSA) is 20.2 Å². The Bertz CT molecular complexity index is 317. The van der Waals surface area contributed by atoms with Crippen molar-refractivity contribution in [3.8, 4) is 0 Å². The van der Waals surface area contributed by atoms with Gasteiger partial charge in [0.05, 0.1) is 12.5 Å². The van der Waals surface area contributed by atoms with Crippen LogP contribution in [0.3, 0.4) is 0 Å². The molecule has 0 saturated heterocycles. The van der Waals surface area contributed by atoms with Gasteiger partial charge < -0.3 is 5.11 Å². The Kier molecular flexibility index (Phi) is 3.95. The summed E-state index contributed by atoms with van der Waals surface area (Å²) < 4.78 is 38.3. The molecule has 0 aliphatic heterocycles.